The number of aromatic nitrogens is 2. The second-order valence-corrected chi connectivity index (χ2v) is 17.8. The Hall–Kier alpha value is -3.83. The topological polar surface area (TPSA) is 142 Å². The Balaban J connectivity index is 0.000000964. The number of thiol groups is 2. The number of carbonyl (C=O) groups is 2. The molecular formula is C44H53F3N4O6S3. The van der Waals surface area contributed by atoms with Crippen LogP contribution in [-0.2, 0) is 19.7 Å². The monoisotopic (exact) mass is 886 g/mol. The molecule has 1 aromatic heterocycles. The molecule has 2 saturated carbocycles. The summed E-state index contributed by atoms with van der Waals surface area (Å²) in [4.78, 5) is 31.6. The fourth-order valence-corrected chi connectivity index (χ4v) is 11.2. The first-order chi connectivity index (χ1) is 28.8. The highest BCUT2D eigenvalue weighted by Crippen LogP contribution is 2.62. The number of aliphatic hydroxyl groups excluding tert-OH is 1. The molecule has 1 amide bonds. The van der Waals surface area contributed by atoms with Gasteiger partial charge in [0.1, 0.15) is 18.4 Å². The predicted molar refractivity (Wildman–Crippen MR) is 234 cm³/mol. The maximum absolute atomic E-state index is 13.4. The number of fused-ring (bicyclic) bond motifs is 10. The number of aliphatic hydroxyl groups is 1. The highest BCUT2D eigenvalue weighted by molar-refractivity contribution is 8.59. The average molecular weight is 887 g/mol. The number of aromatic amines is 1. The number of rotatable bonds is 9. The van der Waals surface area contributed by atoms with Crippen LogP contribution in [0.25, 0.3) is 33.5 Å². The number of imidazole rings is 1. The molecule has 2 heterocycles. The summed E-state index contributed by atoms with van der Waals surface area (Å²) in [5.74, 6) is 1.93. The summed E-state index contributed by atoms with van der Waals surface area (Å²) in [5.41, 5.74) is 5.18. The van der Waals surface area contributed by atoms with Crippen LogP contribution in [0.2, 0.25) is 0 Å². The zero-order chi connectivity index (χ0) is 43.7. The molecule has 324 valence electrons. The average Bonchev–Trinajstić information content (AvgIpc) is 4.13. The van der Waals surface area contributed by atoms with Crippen molar-refractivity contribution in [3.63, 3.8) is 0 Å². The number of nitrogens with one attached hydrogen (secondary N) is 2. The molecule has 3 fully saturated rings. The first kappa shape index (κ1) is 45.7. The van der Waals surface area contributed by atoms with Crippen molar-refractivity contribution in [3.8, 4) is 39.3 Å². The van der Waals surface area contributed by atoms with Crippen molar-refractivity contribution in [2.45, 2.75) is 106 Å². The summed E-state index contributed by atoms with van der Waals surface area (Å²) in [5, 5.41) is 10.2. The van der Waals surface area contributed by atoms with Crippen LogP contribution in [0.3, 0.4) is 0 Å². The lowest BCUT2D eigenvalue weighted by Gasteiger charge is -2.29. The van der Waals surface area contributed by atoms with Crippen LogP contribution in [0.1, 0.15) is 123 Å². The van der Waals surface area contributed by atoms with Gasteiger partial charge in [-0.3, -0.25) is 4.79 Å². The van der Waals surface area contributed by atoms with Gasteiger partial charge in [0.05, 0.1) is 24.0 Å². The van der Waals surface area contributed by atoms with Crippen LogP contribution < -0.4 is 9.50 Å². The van der Waals surface area contributed by atoms with Gasteiger partial charge >= 0.3 is 15.6 Å². The summed E-state index contributed by atoms with van der Waals surface area (Å²) in [6, 6.07) is 15.8. The normalized spacial score (nSPS) is 22.5. The maximum Gasteiger partial charge on any atom is 0.534 e. The van der Waals surface area contributed by atoms with E-state index in [0.717, 1.165) is 104 Å². The number of hydrogen-bond donors (Lipinski definition) is 5. The Kier molecular flexibility index (Phi) is 14.2. The lowest BCUT2D eigenvalue weighted by atomic mass is 9.78. The van der Waals surface area contributed by atoms with E-state index in [1.54, 1.807) is 6.07 Å². The molecule has 60 heavy (non-hydrogen) atoms. The Morgan fingerprint density at radius 2 is 1.35 bits per heavy atom. The third kappa shape index (κ3) is 8.14. The fourth-order valence-electron chi connectivity index (χ4n) is 10.7. The molecule has 0 radical (unpaired) electrons. The summed E-state index contributed by atoms with van der Waals surface area (Å²) >= 11 is 6.44. The second-order valence-electron chi connectivity index (χ2n) is 16.3. The Labute approximate surface area is 360 Å². The summed E-state index contributed by atoms with van der Waals surface area (Å²) in [6.45, 7) is 6.83. The minimum atomic E-state index is -5.78. The molecule has 0 spiro atoms. The van der Waals surface area contributed by atoms with Crippen molar-refractivity contribution >= 4 is 46.1 Å². The molecule has 5 aliphatic rings. The minimum absolute atomic E-state index is 0.00759. The van der Waals surface area contributed by atoms with Gasteiger partial charge in [-0.05, 0) is 139 Å². The van der Waals surface area contributed by atoms with E-state index in [-0.39, 0.29) is 41.5 Å². The summed E-state index contributed by atoms with van der Waals surface area (Å²) < 4.78 is 69.0. The van der Waals surface area contributed by atoms with Gasteiger partial charge in [-0.1, -0.05) is 56.3 Å². The maximum atomic E-state index is 13.4. The van der Waals surface area contributed by atoms with Crippen molar-refractivity contribution in [1.29, 1.82) is 0 Å². The Morgan fingerprint density at radius 3 is 1.90 bits per heavy atom. The van der Waals surface area contributed by atoms with Crippen LogP contribution in [-0.4, -0.2) is 73.3 Å². The van der Waals surface area contributed by atoms with Crippen molar-refractivity contribution in [1.82, 2.24) is 20.2 Å². The van der Waals surface area contributed by atoms with E-state index in [1.807, 2.05) is 24.9 Å². The molecule has 9 rings (SSSR count). The number of H-pyrrole nitrogens is 1. The van der Waals surface area contributed by atoms with Crippen LogP contribution >= 0.6 is 23.3 Å². The number of likely N-dealkylation sites (tertiary alicyclic amines) is 1. The predicted octanol–water partition coefficient (Wildman–Crippen LogP) is 9.46. The molecule has 16 heteroatoms. The number of halogens is 3. The van der Waals surface area contributed by atoms with Crippen LogP contribution in [0.15, 0.2) is 54.7 Å². The molecule has 4 bridgehead atoms. The molecule has 6 unspecified atom stereocenters. The Morgan fingerprint density at radius 1 is 0.850 bits per heavy atom. The number of carbonyl (C=O) groups excluding carboxylic acids is 2. The van der Waals surface area contributed by atoms with E-state index in [0.29, 0.717) is 17.4 Å². The largest absolute Gasteiger partial charge is 0.534 e. The van der Waals surface area contributed by atoms with Gasteiger partial charge < -0.3 is 29.3 Å². The number of benzene rings is 3. The molecule has 6 atom stereocenters. The highest BCUT2D eigenvalue weighted by Gasteiger charge is 2.50. The van der Waals surface area contributed by atoms with Gasteiger partial charge in [0.25, 0.3) is 0 Å². The lowest BCUT2D eigenvalue weighted by molar-refractivity contribution is -0.135. The summed E-state index contributed by atoms with van der Waals surface area (Å²) in [7, 11) is -2.94. The zero-order valence-electron chi connectivity index (χ0n) is 34.1. The van der Waals surface area contributed by atoms with E-state index in [1.165, 1.54) is 22.8 Å². The summed E-state index contributed by atoms with van der Waals surface area (Å²) in [6.07, 6.45) is 9.53. The fraction of sp³-hybridized carbons (Fsp3) is 0.477. The Bertz CT molecular complexity index is 2290. The van der Waals surface area contributed by atoms with Crippen molar-refractivity contribution in [2.24, 2.45) is 5.92 Å². The van der Waals surface area contributed by atoms with Crippen molar-refractivity contribution in [3.05, 3.63) is 82.8 Å². The molecular weight excluding hydrogens is 834 g/mol. The number of hydrogen-bond acceptors (Lipinski definition) is 10. The molecule has 1 aliphatic heterocycles. The second kappa shape index (κ2) is 18.6. The van der Waals surface area contributed by atoms with Gasteiger partial charge in [-0.25, -0.2) is 4.98 Å². The molecule has 3 aromatic carbocycles. The van der Waals surface area contributed by atoms with Gasteiger partial charge in [-0.2, -0.15) is 21.6 Å². The van der Waals surface area contributed by atoms with Crippen molar-refractivity contribution in [2.75, 3.05) is 20.7 Å². The SMILES string of the molecule is C=O.CNC(C(=O)N1CCCC1c1ncc(-c2ccc(-c3ccc(-c4ccc(OS(=O)(=O)C(F)(F)F)c5c4C4CCC5C4)c4c3C3CCC4C3)cc2)[nH]1)C(C)C.CO.SS. The van der Waals surface area contributed by atoms with Gasteiger partial charge in [-0.15, -0.1) is 23.3 Å². The zero-order valence-corrected chi connectivity index (χ0v) is 36.7. The smallest absolute Gasteiger partial charge is 0.400 e. The first-order valence-corrected chi connectivity index (χ1v) is 23.3. The third-order valence-corrected chi connectivity index (χ3v) is 14.0. The van der Waals surface area contributed by atoms with Crippen LogP contribution in [0, 0.1) is 5.92 Å². The molecule has 4 aliphatic carbocycles. The molecule has 1 saturated heterocycles. The van der Waals surface area contributed by atoms with E-state index in [4.69, 9.17) is 19.1 Å². The number of alkyl halides is 3. The quantitative estimate of drug-likeness (QED) is 0.0485. The van der Waals surface area contributed by atoms with Gasteiger partial charge in [0, 0.05) is 19.2 Å². The molecule has 3 N–H and O–H groups in total. The lowest BCUT2D eigenvalue weighted by Crippen LogP contribution is -2.47. The minimum Gasteiger partial charge on any atom is -0.400 e. The molecule has 4 aromatic rings. The van der Waals surface area contributed by atoms with Gasteiger partial charge in [0.15, 0.2) is 0 Å². The van der Waals surface area contributed by atoms with Crippen LogP contribution in [0.4, 0.5) is 13.2 Å². The van der Waals surface area contributed by atoms with E-state index < -0.39 is 15.6 Å². The number of likely N-dealkylation sites (N-methyl/N-ethyl adjacent to an activating group) is 1. The van der Waals surface area contributed by atoms with E-state index >= 15 is 0 Å². The highest BCUT2D eigenvalue weighted by atomic mass is 33.1. The van der Waals surface area contributed by atoms with E-state index in [2.05, 4.69) is 83.9 Å². The number of nitrogens with zero attached hydrogens (tertiary/aromatic N) is 2. The van der Waals surface area contributed by atoms with Crippen LogP contribution in [0.5, 0.6) is 5.75 Å². The van der Waals surface area contributed by atoms with Gasteiger partial charge in [0.2, 0.25) is 5.91 Å². The molecule has 10 nitrogen and oxygen atoms in total. The number of amides is 1. The van der Waals surface area contributed by atoms with Crippen molar-refractivity contribution < 1.29 is 40.5 Å². The standard InChI is InChI=1S/C42H45F3N4O4S.CH4O.CH2O.H2S2/c1-22(2)39(46-3)41(50)49-18-4-5-33(49)40-47-21-32(48-40)24-8-6-23(7-9-24)29-14-15-30(36-26-11-10-25(19-26)35(29)36)31-16-17-34(53-54(51,52)42(43,44)45)38-28-13-12-27(20-28)37(31)38;3*1-2/h6-9,14-17,21-22,25-28,33,39,46H,4-5,10-13,18-20H2,1-3H3,(H,47,48);2H,1H3;1H2;1-2H. The first-order valence-electron chi connectivity index (χ1n) is 20.3. The third-order valence-electron chi connectivity index (χ3n) is 13.0. The van der Waals surface area contributed by atoms with E-state index in [9.17, 15) is 26.4 Å².